The number of aromatic nitrogens is 2. The Morgan fingerprint density at radius 3 is 2.72 bits per heavy atom. The Kier molecular flexibility index (Phi) is 3.64. The largest absolute Gasteiger partial charge is 0.325 e. The van der Waals surface area contributed by atoms with Crippen molar-refractivity contribution < 1.29 is 8.42 Å². The fourth-order valence-corrected chi connectivity index (χ4v) is 3.11. The van der Waals surface area contributed by atoms with Crippen molar-refractivity contribution in [2.24, 2.45) is 0 Å². The molecule has 0 aromatic carbocycles. The van der Waals surface area contributed by atoms with Gasteiger partial charge in [0.25, 0.3) is 5.56 Å². The SMILES string of the molecule is O=c1[nH]cc(S(=O)(=O)NC2CCCNC2)c(=O)[nH]1. The maximum Gasteiger partial charge on any atom is 0.325 e. The first-order valence-electron chi connectivity index (χ1n) is 5.54. The van der Waals surface area contributed by atoms with Crippen LogP contribution in [0.15, 0.2) is 20.7 Å². The molecule has 0 amide bonds. The molecule has 8 nitrogen and oxygen atoms in total. The molecule has 4 N–H and O–H groups in total. The van der Waals surface area contributed by atoms with Gasteiger partial charge in [0.1, 0.15) is 0 Å². The third-order valence-corrected chi connectivity index (χ3v) is 4.22. The summed E-state index contributed by atoms with van der Waals surface area (Å²) in [7, 11) is -3.91. The number of hydrogen-bond donors (Lipinski definition) is 4. The zero-order chi connectivity index (χ0) is 13.2. The first-order valence-corrected chi connectivity index (χ1v) is 7.02. The lowest BCUT2D eigenvalue weighted by molar-refractivity contribution is 0.428. The van der Waals surface area contributed by atoms with Crippen molar-refractivity contribution in [3.63, 3.8) is 0 Å². The summed E-state index contributed by atoms with van der Waals surface area (Å²) in [4.78, 5) is 25.8. The van der Waals surface area contributed by atoms with E-state index in [-0.39, 0.29) is 6.04 Å². The van der Waals surface area contributed by atoms with Gasteiger partial charge in [0.15, 0.2) is 4.90 Å². The maximum absolute atomic E-state index is 12.0. The molecule has 9 heteroatoms. The van der Waals surface area contributed by atoms with Gasteiger partial charge < -0.3 is 10.3 Å². The van der Waals surface area contributed by atoms with Crippen LogP contribution in [0, 0.1) is 0 Å². The number of H-pyrrole nitrogens is 2. The van der Waals surface area contributed by atoms with Gasteiger partial charge >= 0.3 is 5.69 Å². The van der Waals surface area contributed by atoms with Crippen molar-refractivity contribution in [1.82, 2.24) is 20.0 Å². The molecule has 1 aliphatic heterocycles. The molecule has 2 heterocycles. The second-order valence-corrected chi connectivity index (χ2v) is 5.78. The zero-order valence-electron chi connectivity index (χ0n) is 9.52. The number of nitrogens with one attached hydrogen (secondary N) is 4. The summed E-state index contributed by atoms with van der Waals surface area (Å²) in [5, 5.41) is 3.06. The summed E-state index contributed by atoms with van der Waals surface area (Å²) < 4.78 is 26.3. The van der Waals surface area contributed by atoms with Crippen LogP contribution >= 0.6 is 0 Å². The molecule has 2 rings (SSSR count). The van der Waals surface area contributed by atoms with Crippen LogP contribution in [0.3, 0.4) is 0 Å². The second kappa shape index (κ2) is 5.04. The zero-order valence-corrected chi connectivity index (χ0v) is 10.3. The molecule has 1 fully saturated rings. The van der Waals surface area contributed by atoms with E-state index in [1.165, 1.54) is 0 Å². The number of hydrogen-bond acceptors (Lipinski definition) is 5. The van der Waals surface area contributed by atoms with Crippen LogP contribution < -0.4 is 21.3 Å². The van der Waals surface area contributed by atoms with Gasteiger partial charge in [-0.2, -0.15) is 0 Å². The molecule has 0 bridgehead atoms. The minimum Gasteiger partial charge on any atom is -0.315 e. The Morgan fingerprint density at radius 2 is 2.11 bits per heavy atom. The summed E-state index contributed by atoms with van der Waals surface area (Å²) in [6.45, 7) is 1.39. The summed E-state index contributed by atoms with van der Waals surface area (Å²) in [5.41, 5.74) is -1.66. The van der Waals surface area contributed by atoms with Crippen LogP contribution in [0.25, 0.3) is 0 Å². The molecule has 18 heavy (non-hydrogen) atoms. The highest BCUT2D eigenvalue weighted by Gasteiger charge is 2.24. The van der Waals surface area contributed by atoms with Crippen LogP contribution in [-0.4, -0.2) is 37.5 Å². The van der Waals surface area contributed by atoms with Crippen molar-refractivity contribution in [2.75, 3.05) is 13.1 Å². The van der Waals surface area contributed by atoms with E-state index in [1.807, 2.05) is 4.98 Å². The summed E-state index contributed by atoms with van der Waals surface area (Å²) in [6, 6.07) is -0.241. The van der Waals surface area contributed by atoms with E-state index < -0.39 is 26.2 Å². The Labute approximate surface area is 103 Å². The normalized spacial score (nSPS) is 20.8. The lowest BCUT2D eigenvalue weighted by Gasteiger charge is -2.23. The molecule has 0 spiro atoms. The highest BCUT2D eigenvalue weighted by atomic mass is 32.2. The van der Waals surface area contributed by atoms with Gasteiger partial charge in [-0.3, -0.25) is 9.78 Å². The van der Waals surface area contributed by atoms with Gasteiger partial charge in [-0.1, -0.05) is 0 Å². The Balaban J connectivity index is 2.24. The molecular weight excluding hydrogens is 260 g/mol. The van der Waals surface area contributed by atoms with E-state index in [0.717, 1.165) is 19.2 Å². The van der Waals surface area contributed by atoms with Gasteiger partial charge in [0.2, 0.25) is 10.0 Å². The lowest BCUT2D eigenvalue weighted by Crippen LogP contribution is -2.46. The summed E-state index contributed by atoms with van der Waals surface area (Å²) in [5.74, 6) is 0. The van der Waals surface area contributed by atoms with Gasteiger partial charge in [-0.05, 0) is 19.4 Å². The third-order valence-electron chi connectivity index (χ3n) is 2.69. The van der Waals surface area contributed by atoms with Gasteiger partial charge in [-0.15, -0.1) is 0 Å². The first-order chi connectivity index (χ1) is 8.49. The summed E-state index contributed by atoms with van der Waals surface area (Å²) >= 11 is 0. The van der Waals surface area contributed by atoms with Crippen LogP contribution in [0.5, 0.6) is 0 Å². The molecule has 1 aromatic heterocycles. The van der Waals surface area contributed by atoms with Gasteiger partial charge in [0, 0.05) is 18.8 Å². The second-order valence-electron chi connectivity index (χ2n) is 4.10. The maximum atomic E-state index is 12.0. The number of rotatable bonds is 3. The van der Waals surface area contributed by atoms with Gasteiger partial charge in [0.05, 0.1) is 0 Å². The average molecular weight is 274 g/mol. The molecule has 0 saturated carbocycles. The van der Waals surface area contributed by atoms with Crippen molar-refractivity contribution in [2.45, 2.75) is 23.8 Å². The van der Waals surface area contributed by atoms with Crippen LogP contribution in [0.2, 0.25) is 0 Å². The van der Waals surface area contributed by atoms with Crippen molar-refractivity contribution in [1.29, 1.82) is 0 Å². The smallest absolute Gasteiger partial charge is 0.315 e. The monoisotopic (exact) mass is 274 g/mol. The molecule has 1 aromatic rings. The highest BCUT2D eigenvalue weighted by Crippen LogP contribution is 2.06. The van der Waals surface area contributed by atoms with Crippen molar-refractivity contribution in [3.05, 3.63) is 27.0 Å². The lowest BCUT2D eigenvalue weighted by atomic mass is 10.1. The first kappa shape index (κ1) is 13.0. The molecule has 0 radical (unpaired) electrons. The minimum atomic E-state index is -3.91. The predicted molar refractivity (Wildman–Crippen MR) is 63.9 cm³/mol. The number of piperidine rings is 1. The van der Waals surface area contributed by atoms with Crippen LogP contribution in [0.1, 0.15) is 12.8 Å². The number of aromatic amines is 2. The fourth-order valence-electron chi connectivity index (χ4n) is 1.83. The quantitative estimate of drug-likeness (QED) is 0.512. The highest BCUT2D eigenvalue weighted by molar-refractivity contribution is 7.89. The Bertz CT molecular complexity index is 626. The van der Waals surface area contributed by atoms with E-state index in [4.69, 9.17) is 0 Å². The molecular formula is C9H14N4O4S. The van der Waals surface area contributed by atoms with E-state index in [1.54, 1.807) is 0 Å². The topological polar surface area (TPSA) is 124 Å². The van der Waals surface area contributed by atoms with Crippen LogP contribution in [0.4, 0.5) is 0 Å². The molecule has 1 aliphatic rings. The average Bonchev–Trinajstić information content (AvgIpc) is 2.29. The van der Waals surface area contributed by atoms with E-state index >= 15 is 0 Å². The van der Waals surface area contributed by atoms with Crippen molar-refractivity contribution >= 4 is 10.0 Å². The standard InChI is InChI=1S/C9H14N4O4S/c14-8-7(5-11-9(15)12-8)18(16,17)13-6-2-1-3-10-4-6/h5-6,10,13H,1-4H2,(H2,11,12,14,15). The van der Waals surface area contributed by atoms with E-state index in [9.17, 15) is 18.0 Å². The molecule has 100 valence electrons. The Morgan fingerprint density at radius 1 is 1.33 bits per heavy atom. The minimum absolute atomic E-state index is 0.241. The summed E-state index contributed by atoms with van der Waals surface area (Å²) in [6.07, 6.45) is 2.49. The van der Waals surface area contributed by atoms with Crippen molar-refractivity contribution in [3.8, 4) is 0 Å². The van der Waals surface area contributed by atoms with Gasteiger partial charge in [-0.25, -0.2) is 17.9 Å². The Hall–Kier alpha value is -1.45. The molecule has 1 unspecified atom stereocenters. The van der Waals surface area contributed by atoms with E-state index in [0.29, 0.717) is 13.0 Å². The number of sulfonamides is 1. The predicted octanol–water partition coefficient (Wildman–Crippen LogP) is -1.91. The molecule has 1 saturated heterocycles. The molecule has 0 aliphatic carbocycles. The van der Waals surface area contributed by atoms with E-state index in [2.05, 4.69) is 15.0 Å². The fraction of sp³-hybridized carbons (Fsp3) is 0.556. The third kappa shape index (κ3) is 2.86. The molecule has 1 atom stereocenters. The van der Waals surface area contributed by atoms with Crippen LogP contribution in [-0.2, 0) is 10.0 Å².